The number of carbonyl (C=O) groups is 2. The molecule has 1 N–H and O–H groups in total. The fourth-order valence-electron chi connectivity index (χ4n) is 6.22. The number of pyridine rings is 1. The van der Waals surface area contributed by atoms with Crippen LogP contribution in [0.4, 0.5) is 13.6 Å². The molecule has 0 spiro atoms. The van der Waals surface area contributed by atoms with E-state index in [0.717, 1.165) is 31.5 Å². The largest absolute Gasteiger partial charge is 0.480 e. The van der Waals surface area contributed by atoms with Gasteiger partial charge >= 0.3 is 6.09 Å². The van der Waals surface area contributed by atoms with Crippen LogP contribution in [-0.2, 0) is 19.8 Å². The van der Waals surface area contributed by atoms with Gasteiger partial charge in [0.2, 0.25) is 0 Å². The van der Waals surface area contributed by atoms with Crippen molar-refractivity contribution in [2.45, 2.75) is 70.4 Å². The monoisotopic (exact) mass is 701 g/mol. The number of nitrogens with zero attached hydrogens (tertiary/aromatic N) is 2. The standard InChI is InChI=1S/C36H42ClF2N3O7/c1-21-27-25(48-36(21,22-12-8-7-9-13-22)20-42(6)34(44)49-35(2,3)4)18-24(38)30(37)29(27)28-23(32(43)40-5)19-41-33(31(28)39)47-17-16-46-26-14-10-11-15-45-26/h7-9,12-13,18-19,21,26H,10-11,14-17,20H2,1-6H3,(H,40,43)/t21-,26?,36-/m0/s1. The third-order valence-electron chi connectivity index (χ3n) is 8.56. The van der Waals surface area contributed by atoms with Gasteiger partial charge in [0.25, 0.3) is 11.8 Å². The average Bonchev–Trinajstić information content (AvgIpc) is 3.35. The first-order valence-corrected chi connectivity index (χ1v) is 16.6. The van der Waals surface area contributed by atoms with E-state index in [1.54, 1.807) is 27.8 Å². The van der Waals surface area contributed by atoms with Gasteiger partial charge in [0.1, 0.15) is 23.8 Å². The van der Waals surface area contributed by atoms with Gasteiger partial charge in [0, 0.05) is 55.6 Å². The number of hydrogen-bond acceptors (Lipinski definition) is 8. The Hall–Kier alpha value is -4.00. The van der Waals surface area contributed by atoms with Crippen molar-refractivity contribution in [3.63, 3.8) is 0 Å². The van der Waals surface area contributed by atoms with E-state index in [1.165, 1.54) is 11.9 Å². The van der Waals surface area contributed by atoms with Gasteiger partial charge in [0.05, 0.1) is 23.7 Å². The van der Waals surface area contributed by atoms with E-state index in [-0.39, 0.29) is 48.5 Å². The molecule has 0 radical (unpaired) electrons. The normalized spacial score (nSPS) is 20.3. The van der Waals surface area contributed by atoms with Gasteiger partial charge in [0.15, 0.2) is 17.7 Å². The highest BCUT2D eigenvalue weighted by Crippen LogP contribution is 2.56. The fourth-order valence-corrected chi connectivity index (χ4v) is 6.47. The molecule has 0 saturated carbocycles. The Kier molecular flexibility index (Phi) is 11.0. The summed E-state index contributed by atoms with van der Waals surface area (Å²) >= 11 is 6.69. The molecular formula is C36H42ClF2N3O7. The van der Waals surface area contributed by atoms with Gasteiger partial charge in [-0.2, -0.15) is 0 Å². The number of halogens is 3. The number of fused-ring (bicyclic) bond motifs is 1. The Bertz CT molecular complexity index is 1680. The van der Waals surface area contributed by atoms with Crippen LogP contribution in [0.5, 0.6) is 11.6 Å². The molecular weight excluding hydrogens is 660 g/mol. The van der Waals surface area contributed by atoms with Crippen LogP contribution in [0.25, 0.3) is 11.1 Å². The van der Waals surface area contributed by atoms with Crippen LogP contribution in [0.3, 0.4) is 0 Å². The van der Waals surface area contributed by atoms with E-state index in [1.807, 2.05) is 37.3 Å². The lowest BCUT2D eigenvalue weighted by Crippen LogP contribution is -2.47. The maximum Gasteiger partial charge on any atom is 0.410 e. The summed E-state index contributed by atoms with van der Waals surface area (Å²) in [6.07, 6.45) is 2.90. The van der Waals surface area contributed by atoms with E-state index < -0.39 is 51.7 Å². The Morgan fingerprint density at radius 1 is 1.14 bits per heavy atom. The quantitative estimate of drug-likeness (QED) is 0.221. The van der Waals surface area contributed by atoms with E-state index >= 15 is 8.78 Å². The minimum absolute atomic E-state index is 0.0271. The molecule has 1 aromatic heterocycles. The van der Waals surface area contributed by atoms with E-state index in [2.05, 4.69) is 10.3 Å². The Morgan fingerprint density at radius 3 is 2.53 bits per heavy atom. The first kappa shape index (κ1) is 36.3. The van der Waals surface area contributed by atoms with Crippen molar-refractivity contribution in [3.05, 3.63) is 75.9 Å². The third-order valence-corrected chi connectivity index (χ3v) is 8.93. The zero-order valence-corrected chi connectivity index (χ0v) is 29.3. The van der Waals surface area contributed by atoms with Crippen LogP contribution >= 0.6 is 11.6 Å². The number of rotatable bonds is 10. The fraction of sp³-hybridized carbons (Fsp3) is 0.472. The molecule has 2 amide bonds. The molecule has 2 aliphatic rings. The number of likely N-dealkylation sites (N-methyl/N-ethyl adjacent to an activating group) is 1. The molecule has 0 aliphatic carbocycles. The molecule has 1 fully saturated rings. The summed E-state index contributed by atoms with van der Waals surface area (Å²) in [7, 11) is 2.96. The molecule has 49 heavy (non-hydrogen) atoms. The maximum absolute atomic E-state index is 16.7. The van der Waals surface area contributed by atoms with Crippen molar-refractivity contribution in [3.8, 4) is 22.8 Å². The predicted molar refractivity (Wildman–Crippen MR) is 179 cm³/mol. The van der Waals surface area contributed by atoms with Crippen molar-refractivity contribution in [2.24, 2.45) is 0 Å². The Labute approximate surface area is 290 Å². The first-order valence-electron chi connectivity index (χ1n) is 16.2. The van der Waals surface area contributed by atoms with Gasteiger partial charge in [-0.1, -0.05) is 48.9 Å². The van der Waals surface area contributed by atoms with E-state index in [9.17, 15) is 9.59 Å². The lowest BCUT2D eigenvalue weighted by molar-refractivity contribution is -0.165. The molecule has 1 saturated heterocycles. The van der Waals surface area contributed by atoms with Crippen molar-refractivity contribution >= 4 is 23.6 Å². The highest BCUT2D eigenvalue weighted by atomic mass is 35.5. The van der Waals surface area contributed by atoms with E-state index in [0.29, 0.717) is 17.7 Å². The minimum Gasteiger partial charge on any atom is -0.480 e. The highest BCUT2D eigenvalue weighted by molar-refractivity contribution is 6.34. The Morgan fingerprint density at radius 2 is 1.88 bits per heavy atom. The summed E-state index contributed by atoms with van der Waals surface area (Å²) in [6, 6.07) is 10.3. The lowest BCUT2D eigenvalue weighted by Gasteiger charge is -2.37. The second-order valence-electron chi connectivity index (χ2n) is 13.1. The molecule has 13 heteroatoms. The van der Waals surface area contributed by atoms with Crippen LogP contribution in [-0.4, -0.2) is 74.2 Å². The molecule has 2 aromatic carbocycles. The minimum atomic E-state index is -1.30. The van der Waals surface area contributed by atoms with Crippen LogP contribution < -0.4 is 14.8 Å². The van der Waals surface area contributed by atoms with Crippen molar-refractivity contribution < 1.29 is 42.1 Å². The second-order valence-corrected chi connectivity index (χ2v) is 13.5. The molecule has 10 nitrogen and oxygen atoms in total. The molecule has 0 bridgehead atoms. The van der Waals surface area contributed by atoms with Gasteiger partial charge in [-0.05, 0) is 45.6 Å². The summed E-state index contributed by atoms with van der Waals surface area (Å²) in [5, 5.41) is 2.07. The molecule has 3 aromatic rings. The van der Waals surface area contributed by atoms with Crippen molar-refractivity contribution in [2.75, 3.05) is 40.5 Å². The number of nitrogens with one attached hydrogen (secondary N) is 1. The van der Waals surface area contributed by atoms with Gasteiger partial charge in [-0.15, -0.1) is 0 Å². The van der Waals surface area contributed by atoms with Crippen molar-refractivity contribution in [1.29, 1.82) is 0 Å². The average molecular weight is 702 g/mol. The SMILES string of the molecule is CNC(=O)c1cnc(OCCOC2CCCCO2)c(F)c1-c1c(Cl)c(F)cc2c1[C@H](C)[C@@](CN(C)C(=O)OC(C)(C)C)(c1ccccc1)O2. The predicted octanol–water partition coefficient (Wildman–Crippen LogP) is 7.22. The summed E-state index contributed by atoms with van der Waals surface area (Å²) < 4.78 is 61.6. The summed E-state index contributed by atoms with van der Waals surface area (Å²) in [5.41, 5.74) is -1.63. The number of ether oxygens (including phenoxy) is 5. The number of amides is 2. The number of carbonyl (C=O) groups excluding carboxylic acids is 2. The van der Waals surface area contributed by atoms with Crippen LogP contribution in [0.2, 0.25) is 5.02 Å². The molecule has 264 valence electrons. The van der Waals surface area contributed by atoms with Crippen LogP contribution in [0.1, 0.15) is 74.4 Å². The molecule has 1 unspecified atom stereocenters. The van der Waals surface area contributed by atoms with E-state index in [4.69, 9.17) is 35.3 Å². The van der Waals surface area contributed by atoms with Crippen molar-refractivity contribution in [1.82, 2.24) is 15.2 Å². The maximum atomic E-state index is 16.7. The van der Waals surface area contributed by atoms with Crippen LogP contribution in [0.15, 0.2) is 42.6 Å². The van der Waals surface area contributed by atoms with Crippen LogP contribution in [0, 0.1) is 11.6 Å². The third kappa shape index (κ3) is 7.61. The van der Waals surface area contributed by atoms with Gasteiger partial charge < -0.3 is 33.9 Å². The molecule has 2 aliphatic heterocycles. The van der Waals surface area contributed by atoms with Gasteiger partial charge in [-0.3, -0.25) is 4.79 Å². The molecule has 3 heterocycles. The first-order chi connectivity index (χ1) is 23.3. The summed E-state index contributed by atoms with van der Waals surface area (Å²) in [4.78, 5) is 31.8. The zero-order chi connectivity index (χ0) is 35.5. The topological polar surface area (TPSA) is 108 Å². The number of benzene rings is 2. The highest BCUT2D eigenvalue weighted by Gasteiger charge is 2.51. The lowest BCUT2D eigenvalue weighted by atomic mass is 9.77. The van der Waals surface area contributed by atoms with Gasteiger partial charge in [-0.25, -0.2) is 18.6 Å². The number of aromatic nitrogens is 1. The molecule has 5 rings (SSSR count). The Balaban J connectivity index is 1.59. The second kappa shape index (κ2) is 14.9. The smallest absolute Gasteiger partial charge is 0.410 e. The zero-order valence-electron chi connectivity index (χ0n) is 28.5. The molecule has 3 atom stereocenters. The number of hydrogen-bond donors (Lipinski definition) is 1. The summed E-state index contributed by atoms with van der Waals surface area (Å²) in [6.45, 7) is 7.72. The summed E-state index contributed by atoms with van der Waals surface area (Å²) in [5.74, 6) is -3.59.